The van der Waals surface area contributed by atoms with Gasteiger partial charge >= 0.3 is 0 Å². The highest BCUT2D eigenvalue weighted by Gasteiger charge is 1.87. The number of hydrogen-bond donors (Lipinski definition) is 1. The third-order valence-corrected chi connectivity index (χ3v) is 2.51. The van der Waals surface area contributed by atoms with E-state index in [1.165, 1.54) is 0 Å². The van der Waals surface area contributed by atoms with E-state index in [0.29, 0.717) is 5.71 Å². The molecule has 0 atom stereocenters. The molecule has 2 aromatic carbocycles. The monoisotopic (exact) mass is 233 g/mol. The van der Waals surface area contributed by atoms with Crippen LogP contribution in [0.2, 0.25) is 0 Å². The van der Waals surface area contributed by atoms with Crippen LogP contribution in [0, 0.1) is 5.41 Å². The second-order valence-corrected chi connectivity index (χ2v) is 3.94. The number of allylic oxidation sites excluding steroid dienone is 2. The fraction of sp³-hybridized carbons (Fsp3) is 0. The van der Waals surface area contributed by atoms with Crippen LogP contribution in [-0.4, -0.2) is 5.71 Å². The van der Waals surface area contributed by atoms with E-state index in [1.54, 1.807) is 12.2 Å². The standard InChI is InChI=1S/C17H15N/c18-17(13-11-15-7-3-1-4-8-15)14-12-16-9-5-2-6-10-16/h1-14,18H. The SMILES string of the molecule is N=C(C=Cc1ccccc1)C=Cc1ccccc1. The van der Waals surface area contributed by atoms with Gasteiger partial charge in [0.2, 0.25) is 0 Å². The minimum atomic E-state index is 0.489. The molecule has 0 aliphatic rings. The average Bonchev–Trinajstić information content (AvgIpc) is 2.45. The number of nitrogens with one attached hydrogen (secondary N) is 1. The molecule has 0 saturated heterocycles. The predicted octanol–water partition coefficient (Wildman–Crippen LogP) is 4.43. The third-order valence-electron chi connectivity index (χ3n) is 2.51. The highest BCUT2D eigenvalue weighted by atomic mass is 14.4. The Morgan fingerprint density at radius 1 is 0.667 bits per heavy atom. The van der Waals surface area contributed by atoms with Crippen LogP contribution >= 0.6 is 0 Å². The van der Waals surface area contributed by atoms with Crippen molar-refractivity contribution >= 4 is 17.9 Å². The van der Waals surface area contributed by atoms with Gasteiger partial charge in [0.15, 0.2) is 0 Å². The Morgan fingerprint density at radius 2 is 1.06 bits per heavy atom. The van der Waals surface area contributed by atoms with Gasteiger partial charge in [-0.3, -0.25) is 0 Å². The smallest absolute Gasteiger partial charge is 0.0540 e. The van der Waals surface area contributed by atoms with Crippen LogP contribution in [-0.2, 0) is 0 Å². The van der Waals surface area contributed by atoms with Gasteiger partial charge < -0.3 is 5.41 Å². The molecule has 0 heterocycles. The Labute approximate surface area is 108 Å². The quantitative estimate of drug-likeness (QED) is 0.755. The first kappa shape index (κ1) is 12.1. The Balaban J connectivity index is 1.97. The predicted molar refractivity (Wildman–Crippen MR) is 78.7 cm³/mol. The minimum Gasteiger partial charge on any atom is -0.301 e. The normalized spacial score (nSPS) is 11.1. The third kappa shape index (κ3) is 3.87. The van der Waals surface area contributed by atoms with Crippen LogP contribution in [0.4, 0.5) is 0 Å². The molecule has 0 aromatic heterocycles. The van der Waals surface area contributed by atoms with Crippen molar-refractivity contribution in [2.45, 2.75) is 0 Å². The molecule has 0 saturated carbocycles. The van der Waals surface area contributed by atoms with Crippen molar-refractivity contribution in [2.24, 2.45) is 0 Å². The van der Waals surface area contributed by atoms with Gasteiger partial charge in [0.1, 0.15) is 0 Å². The summed E-state index contributed by atoms with van der Waals surface area (Å²) in [6.45, 7) is 0. The maximum absolute atomic E-state index is 7.81. The van der Waals surface area contributed by atoms with Gasteiger partial charge in [-0.25, -0.2) is 0 Å². The second-order valence-electron chi connectivity index (χ2n) is 3.94. The molecule has 0 spiro atoms. The molecule has 2 aromatic rings. The maximum atomic E-state index is 7.81. The number of benzene rings is 2. The van der Waals surface area contributed by atoms with Crippen LogP contribution < -0.4 is 0 Å². The van der Waals surface area contributed by atoms with Gasteiger partial charge in [-0.05, 0) is 23.3 Å². The highest BCUT2D eigenvalue weighted by Crippen LogP contribution is 2.03. The van der Waals surface area contributed by atoms with E-state index < -0.39 is 0 Å². The first-order chi connectivity index (χ1) is 8.84. The van der Waals surface area contributed by atoms with Crippen molar-refractivity contribution in [3.05, 3.63) is 83.9 Å². The maximum Gasteiger partial charge on any atom is 0.0540 e. The van der Waals surface area contributed by atoms with Crippen LogP contribution in [0.15, 0.2) is 72.8 Å². The van der Waals surface area contributed by atoms with Crippen LogP contribution in [0.5, 0.6) is 0 Å². The summed E-state index contributed by atoms with van der Waals surface area (Å²) in [5.74, 6) is 0. The lowest BCUT2D eigenvalue weighted by atomic mass is 10.1. The number of rotatable bonds is 4. The van der Waals surface area contributed by atoms with E-state index >= 15 is 0 Å². The first-order valence-electron chi connectivity index (χ1n) is 5.89. The number of hydrogen-bond acceptors (Lipinski definition) is 1. The molecule has 0 amide bonds. The van der Waals surface area contributed by atoms with E-state index in [2.05, 4.69) is 0 Å². The molecule has 1 N–H and O–H groups in total. The summed E-state index contributed by atoms with van der Waals surface area (Å²) in [6.07, 6.45) is 7.48. The van der Waals surface area contributed by atoms with E-state index in [-0.39, 0.29) is 0 Å². The lowest BCUT2D eigenvalue weighted by Crippen LogP contribution is -1.83. The largest absolute Gasteiger partial charge is 0.301 e. The summed E-state index contributed by atoms with van der Waals surface area (Å²) in [6, 6.07) is 20.0. The highest BCUT2D eigenvalue weighted by molar-refractivity contribution is 6.06. The molecule has 1 nitrogen and oxygen atoms in total. The Morgan fingerprint density at radius 3 is 1.44 bits per heavy atom. The Hall–Kier alpha value is -2.41. The summed E-state index contributed by atoms with van der Waals surface area (Å²) in [5, 5.41) is 7.81. The van der Waals surface area contributed by atoms with Crippen molar-refractivity contribution in [1.29, 1.82) is 5.41 Å². The summed E-state index contributed by atoms with van der Waals surface area (Å²) in [7, 11) is 0. The van der Waals surface area contributed by atoms with E-state index in [9.17, 15) is 0 Å². The summed E-state index contributed by atoms with van der Waals surface area (Å²) in [4.78, 5) is 0. The fourth-order valence-corrected chi connectivity index (χ4v) is 1.56. The fourth-order valence-electron chi connectivity index (χ4n) is 1.56. The summed E-state index contributed by atoms with van der Waals surface area (Å²) in [5.41, 5.74) is 2.70. The van der Waals surface area contributed by atoms with E-state index in [0.717, 1.165) is 11.1 Å². The second kappa shape index (κ2) is 6.36. The average molecular weight is 233 g/mol. The topological polar surface area (TPSA) is 23.9 Å². The lowest BCUT2D eigenvalue weighted by Gasteiger charge is -1.92. The zero-order valence-corrected chi connectivity index (χ0v) is 10.1. The minimum absolute atomic E-state index is 0.489. The molecule has 0 radical (unpaired) electrons. The van der Waals surface area contributed by atoms with Crippen LogP contribution in [0.3, 0.4) is 0 Å². The zero-order valence-electron chi connectivity index (χ0n) is 10.1. The van der Waals surface area contributed by atoms with E-state index in [4.69, 9.17) is 5.41 Å². The van der Waals surface area contributed by atoms with Gasteiger partial charge in [-0.15, -0.1) is 0 Å². The molecule has 18 heavy (non-hydrogen) atoms. The van der Waals surface area contributed by atoms with Gasteiger partial charge in [-0.1, -0.05) is 72.8 Å². The van der Waals surface area contributed by atoms with Crippen molar-refractivity contribution < 1.29 is 0 Å². The van der Waals surface area contributed by atoms with Crippen LogP contribution in [0.25, 0.3) is 12.2 Å². The molecule has 0 aliphatic carbocycles. The van der Waals surface area contributed by atoms with Crippen molar-refractivity contribution in [1.82, 2.24) is 0 Å². The Kier molecular flexibility index (Phi) is 4.26. The lowest BCUT2D eigenvalue weighted by molar-refractivity contribution is 1.54. The Bertz CT molecular complexity index is 499. The van der Waals surface area contributed by atoms with Crippen LogP contribution in [0.1, 0.15) is 11.1 Å². The van der Waals surface area contributed by atoms with Crippen molar-refractivity contribution in [2.75, 3.05) is 0 Å². The molecular formula is C17H15N. The van der Waals surface area contributed by atoms with Gasteiger partial charge in [0.05, 0.1) is 5.71 Å². The molecule has 2 rings (SSSR count). The van der Waals surface area contributed by atoms with E-state index in [1.807, 2.05) is 72.8 Å². The molecule has 0 fully saturated rings. The molecular weight excluding hydrogens is 218 g/mol. The van der Waals surface area contributed by atoms with Gasteiger partial charge in [0, 0.05) is 0 Å². The first-order valence-corrected chi connectivity index (χ1v) is 5.89. The van der Waals surface area contributed by atoms with Gasteiger partial charge in [0.25, 0.3) is 0 Å². The zero-order chi connectivity index (χ0) is 12.6. The molecule has 1 heteroatoms. The molecule has 0 aliphatic heterocycles. The molecule has 88 valence electrons. The molecule has 0 bridgehead atoms. The van der Waals surface area contributed by atoms with Crippen molar-refractivity contribution in [3.8, 4) is 0 Å². The summed E-state index contributed by atoms with van der Waals surface area (Å²) < 4.78 is 0. The van der Waals surface area contributed by atoms with Gasteiger partial charge in [-0.2, -0.15) is 0 Å². The van der Waals surface area contributed by atoms with Crippen molar-refractivity contribution in [3.63, 3.8) is 0 Å². The summed E-state index contributed by atoms with van der Waals surface area (Å²) >= 11 is 0. The molecule has 0 unspecified atom stereocenters.